The summed E-state index contributed by atoms with van der Waals surface area (Å²) in [7, 11) is 0. The lowest BCUT2D eigenvalue weighted by Gasteiger charge is -2.35. The fourth-order valence-corrected chi connectivity index (χ4v) is 5.40. The van der Waals surface area contributed by atoms with Crippen molar-refractivity contribution in [2.75, 3.05) is 0 Å². The summed E-state index contributed by atoms with van der Waals surface area (Å²) in [5.41, 5.74) is 7.73. The molecule has 0 aliphatic heterocycles. The molecule has 0 unspecified atom stereocenters. The van der Waals surface area contributed by atoms with Crippen LogP contribution in [0.1, 0.15) is 44.5 Å². The quantitative estimate of drug-likeness (QED) is 0.316. The Morgan fingerprint density at radius 3 is 1.39 bits per heavy atom. The highest BCUT2D eigenvalue weighted by atomic mass is 16.3. The highest BCUT2D eigenvalue weighted by Crippen LogP contribution is 2.57. The highest BCUT2D eigenvalue weighted by molar-refractivity contribution is 5.86. The lowest BCUT2D eigenvalue weighted by Crippen LogP contribution is -2.29. The summed E-state index contributed by atoms with van der Waals surface area (Å²) < 4.78 is 0. The van der Waals surface area contributed by atoms with Crippen LogP contribution in [0, 0.1) is 13.8 Å². The second kappa shape index (κ2) is 7.77. The number of aryl methyl sites for hydroxylation is 2. The van der Waals surface area contributed by atoms with Crippen molar-refractivity contribution in [2.24, 2.45) is 0 Å². The molecule has 1 aliphatic carbocycles. The Balaban J connectivity index is 1.99. The fourth-order valence-electron chi connectivity index (χ4n) is 5.40. The molecule has 4 N–H and O–H groups in total. The van der Waals surface area contributed by atoms with Crippen molar-refractivity contribution in [1.82, 2.24) is 0 Å². The molecular weight excluding hydrogens is 412 g/mol. The van der Waals surface area contributed by atoms with E-state index in [0.29, 0.717) is 22.3 Å². The average Bonchev–Trinajstić information content (AvgIpc) is 3.14. The van der Waals surface area contributed by atoms with E-state index < -0.39 is 5.41 Å². The Morgan fingerprint density at radius 2 is 1.00 bits per heavy atom. The van der Waals surface area contributed by atoms with Crippen molar-refractivity contribution in [1.29, 1.82) is 0 Å². The van der Waals surface area contributed by atoms with Crippen LogP contribution in [-0.4, -0.2) is 20.4 Å². The summed E-state index contributed by atoms with van der Waals surface area (Å²) in [5.74, 6) is 0.183. The normalized spacial score (nSPS) is 13.6. The van der Waals surface area contributed by atoms with Crippen LogP contribution >= 0.6 is 0 Å². The minimum absolute atomic E-state index is 0.0916. The summed E-state index contributed by atoms with van der Waals surface area (Å²) in [6.07, 6.45) is 0. The topological polar surface area (TPSA) is 80.9 Å². The van der Waals surface area contributed by atoms with Gasteiger partial charge in [0.05, 0.1) is 18.6 Å². The van der Waals surface area contributed by atoms with Gasteiger partial charge in [-0.3, -0.25) is 0 Å². The van der Waals surface area contributed by atoms with Gasteiger partial charge in [-0.05, 0) is 70.5 Å². The first-order valence-electron chi connectivity index (χ1n) is 11.0. The van der Waals surface area contributed by atoms with Crippen LogP contribution in [0.2, 0.25) is 0 Å². The van der Waals surface area contributed by atoms with Crippen LogP contribution in [0.5, 0.6) is 11.5 Å². The molecule has 0 spiro atoms. The van der Waals surface area contributed by atoms with Crippen molar-refractivity contribution in [3.8, 4) is 22.6 Å². The molecule has 0 atom stereocenters. The van der Waals surface area contributed by atoms with Crippen LogP contribution in [0.4, 0.5) is 0 Å². The van der Waals surface area contributed by atoms with Gasteiger partial charge in [-0.1, -0.05) is 60.7 Å². The summed E-state index contributed by atoms with van der Waals surface area (Å²) in [6.45, 7) is 3.10. The lowest BCUT2D eigenvalue weighted by atomic mass is 9.66. The summed E-state index contributed by atoms with van der Waals surface area (Å²) in [4.78, 5) is 0. The summed E-state index contributed by atoms with van der Waals surface area (Å²) in [6, 6.07) is 24.2. The van der Waals surface area contributed by atoms with E-state index in [1.54, 1.807) is 0 Å². The maximum atomic E-state index is 10.5. The lowest BCUT2D eigenvalue weighted by molar-refractivity contribution is 0.275. The minimum atomic E-state index is -0.752. The van der Waals surface area contributed by atoms with E-state index in [0.717, 1.165) is 33.4 Å². The fraction of sp³-hybridized carbons (Fsp3) is 0.172. The second-order valence-electron chi connectivity index (χ2n) is 8.76. The molecule has 4 aromatic carbocycles. The molecule has 0 bridgehead atoms. The first-order chi connectivity index (χ1) is 15.9. The molecule has 0 saturated carbocycles. The van der Waals surface area contributed by atoms with Gasteiger partial charge >= 0.3 is 0 Å². The van der Waals surface area contributed by atoms with Gasteiger partial charge in [-0.15, -0.1) is 0 Å². The van der Waals surface area contributed by atoms with Gasteiger partial charge in [0.1, 0.15) is 11.5 Å². The third-order valence-electron chi connectivity index (χ3n) is 6.92. The molecule has 0 fully saturated rings. The monoisotopic (exact) mass is 438 g/mol. The van der Waals surface area contributed by atoms with Crippen molar-refractivity contribution in [2.45, 2.75) is 32.5 Å². The van der Waals surface area contributed by atoms with Gasteiger partial charge in [0, 0.05) is 11.1 Å². The molecular formula is C29H26O4. The molecule has 0 radical (unpaired) electrons. The number of phenols is 2. The standard InChI is InChI=1S/C29H26O4/c1-17-11-21(13-19(15-30)27(17)32)29(22-12-18(2)28(33)20(14-22)16-31)25-9-5-3-7-23(25)24-8-4-6-10-26(24)29/h3-14,30-33H,15-16H2,1-2H3. The molecule has 0 amide bonds. The number of fused-ring (bicyclic) bond motifs is 3. The molecule has 5 rings (SSSR count). The largest absolute Gasteiger partial charge is 0.507 e. The Bertz CT molecular complexity index is 1280. The van der Waals surface area contributed by atoms with Crippen molar-refractivity contribution in [3.63, 3.8) is 0 Å². The van der Waals surface area contributed by atoms with Crippen LogP contribution in [0.15, 0.2) is 72.8 Å². The van der Waals surface area contributed by atoms with Crippen LogP contribution in [-0.2, 0) is 18.6 Å². The molecule has 4 aromatic rings. The first kappa shape index (κ1) is 21.3. The molecule has 33 heavy (non-hydrogen) atoms. The molecule has 4 nitrogen and oxygen atoms in total. The Hall–Kier alpha value is -3.60. The van der Waals surface area contributed by atoms with E-state index in [1.165, 1.54) is 0 Å². The van der Waals surface area contributed by atoms with E-state index in [4.69, 9.17) is 0 Å². The number of aliphatic hydroxyl groups excluding tert-OH is 2. The number of rotatable bonds is 4. The third kappa shape index (κ3) is 2.92. The Labute approximate surface area is 193 Å². The zero-order valence-electron chi connectivity index (χ0n) is 18.6. The number of hydrogen-bond acceptors (Lipinski definition) is 4. The Kier molecular flexibility index (Phi) is 5.00. The maximum absolute atomic E-state index is 10.5. The maximum Gasteiger partial charge on any atom is 0.124 e. The number of benzene rings is 4. The molecule has 4 heteroatoms. The highest BCUT2D eigenvalue weighted by Gasteiger charge is 2.46. The molecule has 0 aromatic heterocycles. The third-order valence-corrected chi connectivity index (χ3v) is 6.92. The molecule has 0 heterocycles. The zero-order chi connectivity index (χ0) is 23.3. The van der Waals surface area contributed by atoms with Crippen LogP contribution in [0.3, 0.4) is 0 Å². The van der Waals surface area contributed by atoms with Gasteiger partial charge in [0.15, 0.2) is 0 Å². The van der Waals surface area contributed by atoms with Crippen LogP contribution < -0.4 is 0 Å². The summed E-state index contributed by atoms with van der Waals surface area (Å²) >= 11 is 0. The molecule has 1 aliphatic rings. The SMILES string of the molecule is Cc1cc(C2(c3cc(C)c(O)c(CO)c3)c3ccccc3-c3ccccc32)cc(CO)c1O. The molecule has 166 valence electrons. The van der Waals surface area contributed by atoms with E-state index in [2.05, 4.69) is 24.3 Å². The van der Waals surface area contributed by atoms with E-state index in [9.17, 15) is 20.4 Å². The van der Waals surface area contributed by atoms with Gasteiger partial charge in [0.2, 0.25) is 0 Å². The van der Waals surface area contributed by atoms with E-state index >= 15 is 0 Å². The Morgan fingerprint density at radius 1 is 0.606 bits per heavy atom. The van der Waals surface area contributed by atoms with Gasteiger partial charge in [-0.2, -0.15) is 0 Å². The first-order valence-corrected chi connectivity index (χ1v) is 11.0. The number of aromatic hydroxyl groups is 2. The van der Waals surface area contributed by atoms with E-state index in [1.807, 2.05) is 62.4 Å². The van der Waals surface area contributed by atoms with Crippen LogP contribution in [0.25, 0.3) is 11.1 Å². The number of hydrogen-bond donors (Lipinski definition) is 4. The molecule has 0 saturated heterocycles. The summed E-state index contributed by atoms with van der Waals surface area (Å²) in [5, 5.41) is 41.1. The average molecular weight is 439 g/mol. The number of aliphatic hydroxyl groups is 2. The second-order valence-corrected chi connectivity index (χ2v) is 8.76. The smallest absolute Gasteiger partial charge is 0.124 e. The van der Waals surface area contributed by atoms with Crippen molar-refractivity contribution >= 4 is 0 Å². The van der Waals surface area contributed by atoms with Crippen molar-refractivity contribution < 1.29 is 20.4 Å². The predicted octanol–water partition coefficient (Wildman–Crippen LogP) is 5.06. The van der Waals surface area contributed by atoms with Gasteiger partial charge in [0.25, 0.3) is 0 Å². The van der Waals surface area contributed by atoms with Crippen molar-refractivity contribution in [3.05, 3.63) is 117 Å². The van der Waals surface area contributed by atoms with Gasteiger partial charge < -0.3 is 20.4 Å². The predicted molar refractivity (Wildman–Crippen MR) is 128 cm³/mol. The van der Waals surface area contributed by atoms with Gasteiger partial charge in [-0.25, -0.2) is 0 Å². The van der Waals surface area contributed by atoms with E-state index in [-0.39, 0.29) is 24.7 Å². The minimum Gasteiger partial charge on any atom is -0.507 e. The zero-order valence-corrected chi connectivity index (χ0v) is 18.6.